The van der Waals surface area contributed by atoms with Crippen LogP contribution in [0, 0.1) is 5.41 Å². The van der Waals surface area contributed by atoms with E-state index in [-0.39, 0.29) is 5.41 Å². The van der Waals surface area contributed by atoms with E-state index in [9.17, 15) is 5.11 Å². The van der Waals surface area contributed by atoms with Crippen molar-refractivity contribution in [2.45, 2.75) is 57.4 Å². The molecule has 1 aliphatic heterocycles. The molecule has 0 spiro atoms. The van der Waals surface area contributed by atoms with Crippen LogP contribution in [0.4, 0.5) is 0 Å². The highest BCUT2D eigenvalue weighted by atomic mass is 16.5. The Morgan fingerprint density at radius 2 is 1.71 bits per heavy atom. The van der Waals surface area contributed by atoms with Gasteiger partial charge in [0.1, 0.15) is 0 Å². The molecule has 1 saturated carbocycles. The third-order valence-electron chi connectivity index (χ3n) is 4.51. The lowest BCUT2D eigenvalue weighted by Gasteiger charge is -2.37. The Morgan fingerprint density at radius 3 is 2.29 bits per heavy atom. The van der Waals surface area contributed by atoms with Crippen molar-refractivity contribution < 1.29 is 9.84 Å². The molecule has 0 aromatic rings. The summed E-state index contributed by atoms with van der Waals surface area (Å²) in [5, 5.41) is 13.3. The first-order valence-electron chi connectivity index (χ1n) is 7.27. The van der Waals surface area contributed by atoms with E-state index in [1.165, 1.54) is 38.5 Å². The summed E-state index contributed by atoms with van der Waals surface area (Å²) < 4.78 is 5.40. The Bertz CT molecular complexity index is 206. The Labute approximate surface area is 105 Å². The maximum Gasteiger partial charge on any atom is 0.0501 e. The van der Waals surface area contributed by atoms with E-state index in [2.05, 4.69) is 5.32 Å². The highest BCUT2D eigenvalue weighted by Crippen LogP contribution is 2.29. The fourth-order valence-corrected chi connectivity index (χ4v) is 3.04. The normalized spacial score (nSPS) is 26.6. The molecule has 1 aliphatic carbocycles. The molecule has 0 radical (unpaired) electrons. The van der Waals surface area contributed by atoms with Gasteiger partial charge in [0.05, 0.1) is 6.61 Å². The maximum atomic E-state index is 9.63. The maximum absolute atomic E-state index is 9.63. The van der Waals surface area contributed by atoms with Crippen LogP contribution >= 0.6 is 0 Å². The number of ether oxygens (including phenoxy) is 1. The standard InChI is InChI=1S/C14H27NO2/c16-12-14(7-9-17-10-8-14)11-15-13-5-3-1-2-4-6-13/h13,15-16H,1-12H2. The van der Waals surface area contributed by atoms with E-state index in [1.807, 2.05) is 0 Å². The molecule has 2 fully saturated rings. The SMILES string of the molecule is OCC1(CNC2CCCCCC2)CCOCC1. The zero-order valence-electron chi connectivity index (χ0n) is 10.9. The first kappa shape index (κ1) is 13.3. The van der Waals surface area contributed by atoms with Crippen LogP contribution in [-0.2, 0) is 4.74 Å². The van der Waals surface area contributed by atoms with Crippen LogP contribution in [0.15, 0.2) is 0 Å². The van der Waals surface area contributed by atoms with Gasteiger partial charge in [0.15, 0.2) is 0 Å². The van der Waals surface area contributed by atoms with Gasteiger partial charge in [-0.15, -0.1) is 0 Å². The molecule has 3 heteroatoms. The summed E-state index contributed by atoms with van der Waals surface area (Å²) in [5.74, 6) is 0. The summed E-state index contributed by atoms with van der Waals surface area (Å²) >= 11 is 0. The zero-order valence-corrected chi connectivity index (χ0v) is 10.9. The van der Waals surface area contributed by atoms with E-state index >= 15 is 0 Å². The van der Waals surface area contributed by atoms with Gasteiger partial charge in [-0.1, -0.05) is 25.7 Å². The topological polar surface area (TPSA) is 41.5 Å². The van der Waals surface area contributed by atoms with Gasteiger partial charge in [-0.05, 0) is 25.7 Å². The van der Waals surface area contributed by atoms with E-state index in [0.29, 0.717) is 12.6 Å². The predicted octanol–water partition coefficient (Wildman–Crippen LogP) is 2.09. The van der Waals surface area contributed by atoms with Crippen LogP contribution in [0.1, 0.15) is 51.4 Å². The Balaban J connectivity index is 1.77. The van der Waals surface area contributed by atoms with Gasteiger partial charge in [0, 0.05) is 31.2 Å². The number of aliphatic hydroxyl groups excluding tert-OH is 1. The number of hydrogen-bond acceptors (Lipinski definition) is 3. The molecular weight excluding hydrogens is 214 g/mol. The molecule has 0 bridgehead atoms. The largest absolute Gasteiger partial charge is 0.396 e. The molecule has 2 rings (SSSR count). The molecular formula is C14H27NO2. The predicted molar refractivity (Wildman–Crippen MR) is 69.1 cm³/mol. The highest BCUT2D eigenvalue weighted by molar-refractivity contribution is 4.85. The minimum Gasteiger partial charge on any atom is -0.396 e. The average Bonchev–Trinajstić information content (AvgIpc) is 2.66. The number of nitrogens with one attached hydrogen (secondary N) is 1. The van der Waals surface area contributed by atoms with Gasteiger partial charge in [-0.25, -0.2) is 0 Å². The summed E-state index contributed by atoms with van der Waals surface area (Å²) in [7, 11) is 0. The number of hydrogen-bond donors (Lipinski definition) is 2. The van der Waals surface area contributed by atoms with Crippen LogP contribution < -0.4 is 5.32 Å². The van der Waals surface area contributed by atoms with Gasteiger partial charge in [0.2, 0.25) is 0 Å². The highest BCUT2D eigenvalue weighted by Gasteiger charge is 2.32. The molecule has 1 saturated heterocycles. The molecule has 0 aromatic carbocycles. The van der Waals surface area contributed by atoms with Crippen molar-refractivity contribution in [1.82, 2.24) is 5.32 Å². The second-order valence-electron chi connectivity index (χ2n) is 5.84. The van der Waals surface area contributed by atoms with Crippen LogP contribution in [0.5, 0.6) is 0 Å². The van der Waals surface area contributed by atoms with Crippen LogP contribution in [0.2, 0.25) is 0 Å². The van der Waals surface area contributed by atoms with Gasteiger partial charge < -0.3 is 15.2 Å². The number of rotatable bonds is 4. The molecule has 1 heterocycles. The van der Waals surface area contributed by atoms with Crippen molar-refractivity contribution >= 4 is 0 Å². The van der Waals surface area contributed by atoms with Crippen LogP contribution in [-0.4, -0.2) is 37.5 Å². The summed E-state index contributed by atoms with van der Waals surface area (Å²) in [5.41, 5.74) is 0.0879. The summed E-state index contributed by atoms with van der Waals surface area (Å²) in [6.07, 6.45) is 10.2. The molecule has 0 atom stereocenters. The second kappa shape index (κ2) is 6.72. The molecule has 3 nitrogen and oxygen atoms in total. The van der Waals surface area contributed by atoms with Crippen molar-refractivity contribution in [1.29, 1.82) is 0 Å². The van der Waals surface area contributed by atoms with E-state index in [4.69, 9.17) is 4.74 Å². The van der Waals surface area contributed by atoms with Crippen molar-refractivity contribution in [2.24, 2.45) is 5.41 Å². The molecule has 0 unspecified atom stereocenters. The second-order valence-corrected chi connectivity index (χ2v) is 5.84. The molecule has 17 heavy (non-hydrogen) atoms. The average molecular weight is 241 g/mol. The van der Waals surface area contributed by atoms with Crippen molar-refractivity contribution in [3.63, 3.8) is 0 Å². The fraction of sp³-hybridized carbons (Fsp3) is 1.00. The quantitative estimate of drug-likeness (QED) is 0.741. The van der Waals surface area contributed by atoms with Crippen molar-refractivity contribution in [3.05, 3.63) is 0 Å². The van der Waals surface area contributed by atoms with Crippen molar-refractivity contribution in [3.8, 4) is 0 Å². The third kappa shape index (κ3) is 3.94. The first-order valence-corrected chi connectivity index (χ1v) is 7.27. The minimum absolute atomic E-state index is 0.0879. The Kier molecular flexibility index (Phi) is 5.26. The smallest absolute Gasteiger partial charge is 0.0501 e. The summed E-state index contributed by atoms with van der Waals surface area (Å²) in [6, 6.07) is 0.684. The number of aliphatic hydroxyl groups is 1. The van der Waals surface area contributed by atoms with Gasteiger partial charge in [0.25, 0.3) is 0 Å². The van der Waals surface area contributed by atoms with Crippen LogP contribution in [0.25, 0.3) is 0 Å². The lowest BCUT2D eigenvalue weighted by atomic mass is 9.80. The van der Waals surface area contributed by atoms with E-state index < -0.39 is 0 Å². The lowest BCUT2D eigenvalue weighted by Crippen LogP contribution is -2.45. The summed E-state index contributed by atoms with van der Waals surface area (Å²) in [6.45, 7) is 2.90. The molecule has 2 aliphatic rings. The van der Waals surface area contributed by atoms with E-state index in [0.717, 1.165) is 32.6 Å². The van der Waals surface area contributed by atoms with Crippen molar-refractivity contribution in [2.75, 3.05) is 26.4 Å². The third-order valence-corrected chi connectivity index (χ3v) is 4.51. The fourth-order valence-electron chi connectivity index (χ4n) is 3.04. The Morgan fingerprint density at radius 1 is 1.06 bits per heavy atom. The molecule has 2 N–H and O–H groups in total. The minimum atomic E-state index is 0.0879. The summed E-state index contributed by atoms with van der Waals surface area (Å²) in [4.78, 5) is 0. The van der Waals surface area contributed by atoms with Crippen LogP contribution in [0.3, 0.4) is 0 Å². The molecule has 0 aromatic heterocycles. The lowest BCUT2D eigenvalue weighted by molar-refractivity contribution is -0.0167. The van der Waals surface area contributed by atoms with Gasteiger partial charge >= 0.3 is 0 Å². The van der Waals surface area contributed by atoms with Gasteiger partial charge in [-0.2, -0.15) is 0 Å². The molecule has 0 amide bonds. The van der Waals surface area contributed by atoms with Gasteiger partial charge in [-0.3, -0.25) is 0 Å². The molecule has 100 valence electrons. The van der Waals surface area contributed by atoms with E-state index in [1.54, 1.807) is 0 Å². The first-order chi connectivity index (χ1) is 8.35. The monoisotopic (exact) mass is 241 g/mol. The zero-order chi connectivity index (χ0) is 12.0. The Hall–Kier alpha value is -0.120.